The van der Waals surface area contributed by atoms with Gasteiger partial charge in [-0.05, 0) is 37.2 Å². The van der Waals surface area contributed by atoms with Gasteiger partial charge in [-0.3, -0.25) is 4.57 Å². The molecule has 2 unspecified atom stereocenters. The van der Waals surface area contributed by atoms with E-state index in [2.05, 4.69) is 12.2 Å². The highest BCUT2D eigenvalue weighted by Gasteiger charge is 2.20. The van der Waals surface area contributed by atoms with Crippen LogP contribution in [-0.2, 0) is 7.05 Å². The van der Waals surface area contributed by atoms with Crippen molar-refractivity contribution in [2.24, 2.45) is 18.7 Å². The maximum Gasteiger partial charge on any atom is 0.419 e. The molecule has 0 saturated carbocycles. The van der Waals surface area contributed by atoms with Crippen LogP contribution in [0.3, 0.4) is 0 Å². The van der Waals surface area contributed by atoms with Crippen molar-refractivity contribution in [3.8, 4) is 0 Å². The van der Waals surface area contributed by atoms with E-state index in [1.54, 1.807) is 7.05 Å². The summed E-state index contributed by atoms with van der Waals surface area (Å²) < 4.78 is 6.74. The van der Waals surface area contributed by atoms with E-state index in [0.717, 1.165) is 17.5 Å². The summed E-state index contributed by atoms with van der Waals surface area (Å²) in [6.07, 6.45) is 0.999. The summed E-state index contributed by atoms with van der Waals surface area (Å²) in [6.45, 7) is 2.75. The largest absolute Gasteiger partial charge is 0.419 e. The lowest BCUT2D eigenvalue weighted by atomic mass is 9.91. The Morgan fingerprint density at radius 1 is 1.47 bits per heavy atom. The highest BCUT2D eigenvalue weighted by atomic mass is 16.4. The normalized spacial score (nSPS) is 14.7. The predicted molar refractivity (Wildman–Crippen MR) is 76.1 cm³/mol. The lowest BCUT2D eigenvalue weighted by Gasteiger charge is -2.25. The van der Waals surface area contributed by atoms with Gasteiger partial charge in [0.05, 0.1) is 5.52 Å². The molecule has 2 rings (SSSR count). The summed E-state index contributed by atoms with van der Waals surface area (Å²) >= 11 is 0. The van der Waals surface area contributed by atoms with Gasteiger partial charge in [-0.25, -0.2) is 4.79 Å². The van der Waals surface area contributed by atoms with E-state index >= 15 is 0 Å². The van der Waals surface area contributed by atoms with Gasteiger partial charge in [0.15, 0.2) is 5.58 Å². The molecule has 0 radical (unpaired) electrons. The summed E-state index contributed by atoms with van der Waals surface area (Å²) in [6, 6.07) is 6.04. The van der Waals surface area contributed by atoms with Crippen molar-refractivity contribution in [3.63, 3.8) is 0 Å². The number of hydrogen-bond donors (Lipinski definition) is 2. The minimum atomic E-state index is -0.334. The molecule has 2 atom stereocenters. The molecule has 1 aromatic heterocycles. The van der Waals surface area contributed by atoms with Crippen LogP contribution in [-0.4, -0.2) is 18.2 Å². The van der Waals surface area contributed by atoms with Gasteiger partial charge in [0.2, 0.25) is 0 Å². The number of oxazole rings is 1. The first-order chi connectivity index (χ1) is 9.12. The fraction of sp³-hybridized carbons (Fsp3) is 0.500. The standard InChI is InChI=1S/C14H21N3O2/c1-4-9(8-15)13(16-2)10-5-6-11-12(7-10)19-14(18)17(11)3/h5-7,9,13,16H,4,8,15H2,1-3H3. The molecule has 1 aromatic carbocycles. The Bertz CT molecular complexity index is 611. The Balaban J connectivity index is 2.47. The smallest absolute Gasteiger partial charge is 0.408 e. The molecular formula is C14H21N3O2. The molecule has 1 heterocycles. The number of fused-ring (bicyclic) bond motifs is 1. The first-order valence-corrected chi connectivity index (χ1v) is 6.59. The van der Waals surface area contributed by atoms with Crippen molar-refractivity contribution in [1.29, 1.82) is 0 Å². The molecular weight excluding hydrogens is 242 g/mol. The summed E-state index contributed by atoms with van der Waals surface area (Å²) in [7, 11) is 3.63. The van der Waals surface area contributed by atoms with E-state index < -0.39 is 0 Å². The second kappa shape index (κ2) is 5.59. The first-order valence-electron chi connectivity index (χ1n) is 6.59. The average Bonchev–Trinajstić information content (AvgIpc) is 2.70. The number of nitrogens with zero attached hydrogens (tertiary/aromatic N) is 1. The fourth-order valence-corrected chi connectivity index (χ4v) is 2.56. The quantitative estimate of drug-likeness (QED) is 0.854. The van der Waals surface area contributed by atoms with Gasteiger partial charge in [0.1, 0.15) is 0 Å². The highest BCUT2D eigenvalue weighted by Crippen LogP contribution is 2.26. The zero-order chi connectivity index (χ0) is 14.0. The molecule has 19 heavy (non-hydrogen) atoms. The monoisotopic (exact) mass is 263 g/mol. The van der Waals surface area contributed by atoms with Crippen molar-refractivity contribution in [1.82, 2.24) is 9.88 Å². The van der Waals surface area contributed by atoms with Gasteiger partial charge in [0.25, 0.3) is 0 Å². The van der Waals surface area contributed by atoms with Gasteiger partial charge >= 0.3 is 5.76 Å². The molecule has 5 nitrogen and oxygen atoms in total. The van der Waals surface area contributed by atoms with Crippen molar-refractivity contribution in [2.45, 2.75) is 19.4 Å². The Hall–Kier alpha value is -1.59. The Labute approximate surface area is 112 Å². The van der Waals surface area contributed by atoms with Gasteiger partial charge < -0.3 is 15.5 Å². The summed E-state index contributed by atoms with van der Waals surface area (Å²) in [5, 5.41) is 3.30. The number of benzene rings is 1. The number of aryl methyl sites for hydroxylation is 1. The van der Waals surface area contributed by atoms with E-state index in [1.807, 2.05) is 25.2 Å². The summed E-state index contributed by atoms with van der Waals surface area (Å²) in [5.74, 6) is 0.0249. The third-order valence-electron chi connectivity index (χ3n) is 3.79. The minimum Gasteiger partial charge on any atom is -0.408 e. The molecule has 5 heteroatoms. The van der Waals surface area contributed by atoms with Crippen molar-refractivity contribution in [2.75, 3.05) is 13.6 Å². The minimum absolute atomic E-state index is 0.171. The maximum absolute atomic E-state index is 11.5. The molecule has 0 amide bonds. The molecule has 104 valence electrons. The average molecular weight is 263 g/mol. The van der Waals surface area contributed by atoms with Crippen molar-refractivity contribution in [3.05, 3.63) is 34.3 Å². The number of hydrogen-bond acceptors (Lipinski definition) is 4. The maximum atomic E-state index is 11.5. The van der Waals surface area contributed by atoms with E-state index in [4.69, 9.17) is 10.2 Å². The van der Waals surface area contributed by atoms with E-state index in [1.165, 1.54) is 4.57 Å². The Morgan fingerprint density at radius 3 is 2.79 bits per heavy atom. The third kappa shape index (κ3) is 2.43. The van der Waals surface area contributed by atoms with Crippen LogP contribution >= 0.6 is 0 Å². The SMILES string of the molecule is CCC(CN)C(NC)c1ccc2c(c1)oc(=O)n2C. The summed E-state index contributed by atoms with van der Waals surface area (Å²) in [4.78, 5) is 11.5. The van der Waals surface area contributed by atoms with Crippen LogP contribution < -0.4 is 16.8 Å². The number of rotatable bonds is 5. The van der Waals surface area contributed by atoms with E-state index in [9.17, 15) is 4.79 Å². The van der Waals surface area contributed by atoms with E-state index in [-0.39, 0.29) is 11.8 Å². The molecule has 0 aliphatic rings. The molecule has 2 aromatic rings. The zero-order valence-corrected chi connectivity index (χ0v) is 11.6. The second-order valence-electron chi connectivity index (χ2n) is 4.82. The molecule has 3 N–H and O–H groups in total. The molecule has 0 fully saturated rings. The highest BCUT2D eigenvalue weighted by molar-refractivity contribution is 5.73. The van der Waals surface area contributed by atoms with Crippen molar-refractivity contribution >= 4 is 11.1 Å². The predicted octanol–water partition coefficient (Wildman–Crippen LogP) is 1.38. The second-order valence-corrected chi connectivity index (χ2v) is 4.82. The molecule has 0 bridgehead atoms. The van der Waals surface area contributed by atoms with Gasteiger partial charge in [-0.1, -0.05) is 19.4 Å². The molecule has 0 saturated heterocycles. The van der Waals surface area contributed by atoms with Crippen molar-refractivity contribution < 1.29 is 4.42 Å². The lowest BCUT2D eigenvalue weighted by Crippen LogP contribution is -2.30. The van der Waals surface area contributed by atoms with Crippen LogP contribution in [0.5, 0.6) is 0 Å². The van der Waals surface area contributed by atoms with Gasteiger partial charge in [-0.2, -0.15) is 0 Å². The van der Waals surface area contributed by atoms with Crippen LogP contribution in [0.1, 0.15) is 24.9 Å². The van der Waals surface area contributed by atoms with Crippen LogP contribution in [0.25, 0.3) is 11.1 Å². The molecule has 0 aliphatic carbocycles. The van der Waals surface area contributed by atoms with Gasteiger partial charge in [-0.15, -0.1) is 0 Å². The van der Waals surface area contributed by atoms with Crippen LogP contribution in [0.15, 0.2) is 27.4 Å². The Morgan fingerprint density at radius 2 is 2.21 bits per heavy atom. The molecule has 0 aliphatic heterocycles. The summed E-state index contributed by atoms with van der Waals surface area (Å²) in [5.41, 5.74) is 8.35. The Kier molecular flexibility index (Phi) is 4.07. The van der Waals surface area contributed by atoms with E-state index in [0.29, 0.717) is 18.0 Å². The lowest BCUT2D eigenvalue weighted by molar-refractivity contribution is 0.378. The topological polar surface area (TPSA) is 73.2 Å². The number of aromatic nitrogens is 1. The van der Waals surface area contributed by atoms with Gasteiger partial charge in [0, 0.05) is 13.1 Å². The first kappa shape index (κ1) is 13.8. The fourth-order valence-electron chi connectivity index (χ4n) is 2.56. The number of nitrogens with two attached hydrogens (primary N) is 1. The molecule has 0 spiro atoms. The van der Waals surface area contributed by atoms with Crippen LogP contribution in [0.4, 0.5) is 0 Å². The number of nitrogens with one attached hydrogen (secondary N) is 1. The zero-order valence-electron chi connectivity index (χ0n) is 11.6. The van der Waals surface area contributed by atoms with Crippen LogP contribution in [0, 0.1) is 5.92 Å². The van der Waals surface area contributed by atoms with Crippen LogP contribution in [0.2, 0.25) is 0 Å². The third-order valence-corrected chi connectivity index (χ3v) is 3.79.